The zero-order chi connectivity index (χ0) is 13.9. The van der Waals surface area contributed by atoms with Gasteiger partial charge in [0.15, 0.2) is 5.96 Å². The number of nitrogens with zero attached hydrogens (tertiary/aromatic N) is 2. The van der Waals surface area contributed by atoms with Crippen LogP contribution in [0.1, 0.15) is 24.5 Å². The van der Waals surface area contributed by atoms with E-state index in [9.17, 15) is 0 Å². The Balaban J connectivity index is 2.18. The van der Waals surface area contributed by atoms with Crippen LogP contribution in [-0.2, 0) is 17.6 Å². The van der Waals surface area contributed by atoms with Gasteiger partial charge in [0.2, 0.25) is 0 Å². The van der Waals surface area contributed by atoms with Crippen LogP contribution in [0.4, 0.5) is 0 Å². The van der Waals surface area contributed by atoms with Crippen LogP contribution in [0.25, 0.3) is 0 Å². The van der Waals surface area contributed by atoms with Gasteiger partial charge in [0.25, 0.3) is 0 Å². The van der Waals surface area contributed by atoms with Crippen molar-refractivity contribution in [1.82, 2.24) is 15.6 Å². The van der Waals surface area contributed by atoms with E-state index in [1.807, 2.05) is 6.92 Å². The Morgan fingerprint density at radius 1 is 1.37 bits per heavy atom. The Kier molecular flexibility index (Phi) is 8.16. The molecule has 0 saturated heterocycles. The van der Waals surface area contributed by atoms with E-state index in [0.717, 1.165) is 44.2 Å². The molecule has 6 heteroatoms. The number of hydrogen-bond donors (Lipinski definition) is 2. The predicted octanol–water partition coefficient (Wildman–Crippen LogP) is 1.45. The summed E-state index contributed by atoms with van der Waals surface area (Å²) in [6.45, 7) is 7.17. The Labute approximate surface area is 119 Å². The maximum absolute atomic E-state index is 5.26. The van der Waals surface area contributed by atoms with E-state index in [-0.39, 0.29) is 0 Å². The molecule has 0 aliphatic carbocycles. The fraction of sp³-hybridized carbons (Fsp3) is 0.692. The van der Waals surface area contributed by atoms with Gasteiger partial charge in [-0.3, -0.25) is 4.99 Å². The Hall–Kier alpha value is -1.14. The van der Waals surface area contributed by atoms with Gasteiger partial charge in [-0.1, -0.05) is 6.92 Å². The zero-order valence-electron chi connectivity index (χ0n) is 12.0. The molecule has 0 atom stereocenters. The summed E-state index contributed by atoms with van der Waals surface area (Å²) in [5.74, 6) is 0.811. The topological polar surface area (TPSA) is 58.5 Å². The summed E-state index contributed by atoms with van der Waals surface area (Å²) in [6.07, 6.45) is 1.93. The molecule has 2 N–H and O–H groups in total. The molecule has 0 radical (unpaired) electrons. The first-order valence-corrected chi connectivity index (χ1v) is 7.63. The maximum Gasteiger partial charge on any atom is 0.191 e. The molecule has 0 spiro atoms. The normalized spacial score (nSPS) is 11.6. The first kappa shape index (κ1) is 15.9. The minimum Gasteiger partial charge on any atom is -0.380 e. The standard InChI is InChI=1S/C13H24N4OS/c1-4-12-17-11(10-19-12)6-7-15-13(14-3)16-8-9-18-5-2/h10H,4-9H2,1-3H3,(H2,14,15,16). The highest BCUT2D eigenvalue weighted by atomic mass is 32.1. The highest BCUT2D eigenvalue weighted by molar-refractivity contribution is 7.09. The number of hydrogen-bond acceptors (Lipinski definition) is 4. The van der Waals surface area contributed by atoms with Gasteiger partial charge < -0.3 is 15.4 Å². The first-order valence-electron chi connectivity index (χ1n) is 6.75. The van der Waals surface area contributed by atoms with Crippen LogP contribution in [0.15, 0.2) is 10.4 Å². The van der Waals surface area contributed by atoms with Gasteiger partial charge in [-0.05, 0) is 13.3 Å². The molecule has 5 nitrogen and oxygen atoms in total. The summed E-state index contributed by atoms with van der Waals surface area (Å²) in [5, 5.41) is 9.81. The number of aliphatic imine (C=N–C) groups is 1. The van der Waals surface area contributed by atoms with Gasteiger partial charge in [-0.2, -0.15) is 0 Å². The summed E-state index contributed by atoms with van der Waals surface area (Å²) in [5.41, 5.74) is 1.15. The number of nitrogens with one attached hydrogen (secondary N) is 2. The number of rotatable bonds is 8. The van der Waals surface area contributed by atoms with Gasteiger partial charge in [-0.25, -0.2) is 4.98 Å². The van der Waals surface area contributed by atoms with Crippen LogP contribution in [0.2, 0.25) is 0 Å². The van der Waals surface area contributed by atoms with Crippen LogP contribution < -0.4 is 10.6 Å². The SMILES string of the molecule is CCOCCNC(=NC)NCCc1csc(CC)n1. The number of thiazole rings is 1. The molecule has 0 aliphatic rings. The molecule has 0 unspecified atom stereocenters. The van der Waals surface area contributed by atoms with E-state index in [0.29, 0.717) is 6.61 Å². The Morgan fingerprint density at radius 3 is 2.79 bits per heavy atom. The van der Waals surface area contributed by atoms with Gasteiger partial charge >= 0.3 is 0 Å². The van der Waals surface area contributed by atoms with Crippen LogP contribution in [0.5, 0.6) is 0 Å². The molecular weight excluding hydrogens is 260 g/mol. The second-order valence-electron chi connectivity index (χ2n) is 3.96. The lowest BCUT2D eigenvalue weighted by Crippen LogP contribution is -2.39. The van der Waals surface area contributed by atoms with Crippen molar-refractivity contribution in [3.63, 3.8) is 0 Å². The lowest BCUT2D eigenvalue weighted by Gasteiger charge is -2.11. The number of ether oxygens (including phenoxy) is 1. The van der Waals surface area contributed by atoms with Crippen LogP contribution in [0.3, 0.4) is 0 Å². The van der Waals surface area contributed by atoms with Crippen molar-refractivity contribution in [2.75, 3.05) is 33.4 Å². The lowest BCUT2D eigenvalue weighted by atomic mass is 10.3. The largest absolute Gasteiger partial charge is 0.380 e. The fourth-order valence-corrected chi connectivity index (χ4v) is 2.32. The Morgan fingerprint density at radius 2 is 2.16 bits per heavy atom. The maximum atomic E-state index is 5.26. The number of aryl methyl sites for hydroxylation is 1. The summed E-state index contributed by atoms with van der Waals surface area (Å²) in [6, 6.07) is 0. The van der Waals surface area contributed by atoms with Gasteiger partial charge in [0.05, 0.1) is 17.3 Å². The van der Waals surface area contributed by atoms with Crippen molar-refractivity contribution in [3.8, 4) is 0 Å². The quantitative estimate of drug-likeness (QED) is 0.431. The molecular formula is C13H24N4OS. The molecule has 1 aromatic heterocycles. The van der Waals surface area contributed by atoms with Crippen molar-refractivity contribution in [3.05, 3.63) is 16.1 Å². The molecule has 0 aliphatic heterocycles. The van der Waals surface area contributed by atoms with Crippen LogP contribution in [-0.4, -0.2) is 44.3 Å². The van der Waals surface area contributed by atoms with Crippen molar-refractivity contribution in [2.45, 2.75) is 26.7 Å². The minimum atomic E-state index is 0.698. The number of aromatic nitrogens is 1. The van der Waals surface area contributed by atoms with E-state index in [1.165, 1.54) is 5.01 Å². The fourth-order valence-electron chi connectivity index (χ4n) is 1.54. The smallest absolute Gasteiger partial charge is 0.191 e. The molecule has 108 valence electrons. The van der Waals surface area contributed by atoms with Crippen molar-refractivity contribution in [1.29, 1.82) is 0 Å². The van der Waals surface area contributed by atoms with Gasteiger partial charge in [0.1, 0.15) is 0 Å². The lowest BCUT2D eigenvalue weighted by molar-refractivity contribution is 0.152. The molecule has 0 bridgehead atoms. The molecule has 1 aromatic rings. The predicted molar refractivity (Wildman–Crippen MR) is 81.1 cm³/mol. The van der Waals surface area contributed by atoms with Crippen molar-refractivity contribution < 1.29 is 4.74 Å². The van der Waals surface area contributed by atoms with Crippen LogP contribution >= 0.6 is 11.3 Å². The second-order valence-corrected chi connectivity index (χ2v) is 4.90. The molecule has 0 aromatic carbocycles. The first-order chi connectivity index (χ1) is 9.30. The third-order valence-corrected chi connectivity index (χ3v) is 3.58. The molecule has 0 amide bonds. The third kappa shape index (κ3) is 6.54. The highest BCUT2D eigenvalue weighted by Gasteiger charge is 2.01. The van der Waals surface area contributed by atoms with E-state index >= 15 is 0 Å². The summed E-state index contributed by atoms with van der Waals surface area (Å²) >= 11 is 1.73. The summed E-state index contributed by atoms with van der Waals surface area (Å²) in [7, 11) is 1.77. The highest BCUT2D eigenvalue weighted by Crippen LogP contribution is 2.09. The van der Waals surface area contributed by atoms with E-state index in [4.69, 9.17) is 4.74 Å². The average molecular weight is 284 g/mol. The van der Waals surface area contributed by atoms with E-state index < -0.39 is 0 Å². The molecule has 19 heavy (non-hydrogen) atoms. The van der Waals surface area contributed by atoms with Gasteiger partial charge in [-0.15, -0.1) is 11.3 Å². The van der Waals surface area contributed by atoms with Crippen LogP contribution in [0, 0.1) is 0 Å². The minimum absolute atomic E-state index is 0.698. The second kappa shape index (κ2) is 9.75. The molecule has 0 saturated carbocycles. The van der Waals surface area contributed by atoms with E-state index in [1.54, 1.807) is 18.4 Å². The molecule has 1 heterocycles. The van der Waals surface area contributed by atoms with Crippen molar-refractivity contribution >= 4 is 17.3 Å². The Bertz CT molecular complexity index is 378. The van der Waals surface area contributed by atoms with Crippen molar-refractivity contribution in [2.24, 2.45) is 4.99 Å². The monoisotopic (exact) mass is 284 g/mol. The average Bonchev–Trinajstić information content (AvgIpc) is 2.89. The van der Waals surface area contributed by atoms with E-state index in [2.05, 4.69) is 32.9 Å². The summed E-state index contributed by atoms with van der Waals surface area (Å²) in [4.78, 5) is 8.70. The third-order valence-electron chi connectivity index (χ3n) is 2.54. The molecule has 0 fully saturated rings. The van der Waals surface area contributed by atoms with Gasteiger partial charge in [0, 0.05) is 38.5 Å². The molecule has 1 rings (SSSR count). The summed E-state index contributed by atoms with van der Waals surface area (Å²) < 4.78 is 5.26. The zero-order valence-corrected chi connectivity index (χ0v) is 12.8. The number of guanidine groups is 1.